The largest absolute Gasteiger partial charge is 0.245 e. The van der Waals surface area contributed by atoms with Crippen LogP contribution in [0.5, 0.6) is 0 Å². The first-order valence-corrected chi connectivity index (χ1v) is 6.39. The number of thiazole rings is 1. The van der Waals surface area contributed by atoms with Gasteiger partial charge in [0.1, 0.15) is 5.15 Å². The molecule has 0 bridgehead atoms. The summed E-state index contributed by atoms with van der Waals surface area (Å²) in [6, 6.07) is 5.94. The van der Waals surface area contributed by atoms with E-state index in [2.05, 4.69) is 15.0 Å². The topological polar surface area (TPSA) is 38.7 Å². The third kappa shape index (κ3) is 1.99. The van der Waals surface area contributed by atoms with Crippen molar-refractivity contribution < 1.29 is 0 Å². The zero-order chi connectivity index (χ0) is 11.8. The van der Waals surface area contributed by atoms with Crippen molar-refractivity contribution in [2.24, 2.45) is 0 Å². The Labute approximate surface area is 111 Å². The average Bonchev–Trinajstić information content (AvgIpc) is 2.75. The van der Waals surface area contributed by atoms with Crippen molar-refractivity contribution in [1.29, 1.82) is 0 Å². The Morgan fingerprint density at radius 2 is 2.00 bits per heavy atom. The fraction of sp³-hybridized carbons (Fsp3) is 0. The number of rotatable bonds is 1. The van der Waals surface area contributed by atoms with E-state index in [1.54, 1.807) is 17.5 Å². The molecule has 3 nitrogen and oxygen atoms in total. The summed E-state index contributed by atoms with van der Waals surface area (Å²) in [4.78, 5) is 12.1. The van der Waals surface area contributed by atoms with Gasteiger partial charge in [0.15, 0.2) is 0 Å². The number of aromatic nitrogens is 3. The van der Waals surface area contributed by atoms with Gasteiger partial charge in [0, 0.05) is 11.8 Å². The predicted octanol–water partition coefficient (Wildman–Crippen LogP) is 4.06. The highest BCUT2D eigenvalue weighted by Crippen LogP contribution is 2.29. The van der Waals surface area contributed by atoms with Gasteiger partial charge in [0.05, 0.1) is 15.7 Å². The minimum atomic E-state index is 0.147. The highest BCUT2D eigenvalue weighted by molar-refractivity contribution is 7.16. The van der Waals surface area contributed by atoms with Crippen molar-refractivity contribution >= 4 is 44.8 Å². The molecule has 2 heterocycles. The maximum absolute atomic E-state index is 6.04. The molecule has 1 aromatic carbocycles. The van der Waals surface area contributed by atoms with Crippen LogP contribution in [0.15, 0.2) is 29.9 Å². The van der Waals surface area contributed by atoms with Gasteiger partial charge in [-0.3, -0.25) is 0 Å². The quantitative estimate of drug-likeness (QED) is 0.499. The van der Waals surface area contributed by atoms with Crippen molar-refractivity contribution in [3.8, 4) is 11.1 Å². The van der Waals surface area contributed by atoms with Crippen molar-refractivity contribution in [2.45, 2.75) is 0 Å². The zero-order valence-corrected chi connectivity index (χ0v) is 10.7. The lowest BCUT2D eigenvalue weighted by molar-refractivity contribution is 1.17. The number of halogens is 2. The Hall–Kier alpha value is -1.23. The van der Waals surface area contributed by atoms with Crippen LogP contribution in [0.1, 0.15) is 0 Å². The molecule has 17 heavy (non-hydrogen) atoms. The van der Waals surface area contributed by atoms with Crippen LogP contribution in [0.4, 0.5) is 0 Å². The van der Waals surface area contributed by atoms with E-state index in [1.165, 1.54) is 0 Å². The Kier molecular flexibility index (Phi) is 2.70. The fourth-order valence-electron chi connectivity index (χ4n) is 1.56. The Morgan fingerprint density at radius 3 is 2.82 bits per heavy atom. The third-order valence-corrected chi connectivity index (χ3v) is 3.63. The fourth-order valence-corrected chi connectivity index (χ4v) is 2.63. The molecular weight excluding hydrogens is 277 g/mol. The second-order valence-corrected chi connectivity index (χ2v) is 4.96. The molecule has 84 valence electrons. The monoisotopic (exact) mass is 281 g/mol. The van der Waals surface area contributed by atoms with Crippen LogP contribution in [-0.2, 0) is 0 Å². The predicted molar refractivity (Wildman–Crippen MR) is 70.7 cm³/mol. The van der Waals surface area contributed by atoms with E-state index in [-0.39, 0.29) is 5.28 Å². The average molecular weight is 282 g/mol. The third-order valence-electron chi connectivity index (χ3n) is 2.35. The van der Waals surface area contributed by atoms with E-state index in [9.17, 15) is 0 Å². The molecule has 2 aromatic heterocycles. The molecule has 0 saturated heterocycles. The molecule has 0 fully saturated rings. The summed E-state index contributed by atoms with van der Waals surface area (Å²) < 4.78 is 1.14. The molecule has 0 radical (unpaired) electrons. The van der Waals surface area contributed by atoms with Crippen LogP contribution in [0, 0.1) is 0 Å². The highest BCUT2D eigenvalue weighted by atomic mass is 35.5. The molecule has 0 aliphatic rings. The lowest BCUT2D eigenvalue weighted by atomic mass is 10.1. The van der Waals surface area contributed by atoms with Crippen LogP contribution in [0.2, 0.25) is 10.4 Å². The van der Waals surface area contributed by atoms with E-state index in [4.69, 9.17) is 23.2 Å². The van der Waals surface area contributed by atoms with E-state index in [0.717, 1.165) is 21.3 Å². The van der Waals surface area contributed by atoms with Gasteiger partial charge in [-0.1, -0.05) is 17.7 Å². The summed E-state index contributed by atoms with van der Waals surface area (Å²) in [5.41, 5.74) is 4.45. The lowest BCUT2D eigenvalue weighted by Crippen LogP contribution is -1.87. The molecule has 6 heteroatoms. The molecule has 0 aliphatic heterocycles. The molecule has 3 aromatic rings. The summed E-state index contributed by atoms with van der Waals surface area (Å²) in [7, 11) is 0. The Bertz CT molecular complexity index is 696. The van der Waals surface area contributed by atoms with E-state index < -0.39 is 0 Å². The van der Waals surface area contributed by atoms with Gasteiger partial charge in [-0.2, -0.15) is 0 Å². The van der Waals surface area contributed by atoms with Gasteiger partial charge < -0.3 is 0 Å². The van der Waals surface area contributed by atoms with E-state index >= 15 is 0 Å². The van der Waals surface area contributed by atoms with Gasteiger partial charge in [-0.05, 0) is 29.3 Å². The number of hydrogen-bond donors (Lipinski definition) is 0. The molecule has 3 rings (SSSR count). The van der Waals surface area contributed by atoms with Gasteiger partial charge in [0.2, 0.25) is 5.28 Å². The van der Waals surface area contributed by atoms with Gasteiger partial charge >= 0.3 is 0 Å². The Balaban J connectivity index is 2.19. The lowest BCUT2D eigenvalue weighted by Gasteiger charge is -2.03. The minimum Gasteiger partial charge on any atom is -0.245 e. The number of nitrogens with zero attached hydrogens (tertiary/aromatic N) is 3. The number of fused-ring (bicyclic) bond motifs is 1. The maximum Gasteiger partial charge on any atom is 0.223 e. The Morgan fingerprint density at radius 1 is 1.12 bits per heavy atom. The molecule has 0 spiro atoms. The zero-order valence-electron chi connectivity index (χ0n) is 8.39. The van der Waals surface area contributed by atoms with Gasteiger partial charge in [-0.15, -0.1) is 11.3 Å². The smallest absolute Gasteiger partial charge is 0.223 e. The van der Waals surface area contributed by atoms with Crippen molar-refractivity contribution in [3.63, 3.8) is 0 Å². The van der Waals surface area contributed by atoms with Crippen molar-refractivity contribution in [3.05, 3.63) is 40.3 Å². The molecule has 0 aliphatic carbocycles. The molecule has 0 amide bonds. The summed E-state index contributed by atoms with van der Waals surface area (Å²) in [6.45, 7) is 0. The van der Waals surface area contributed by atoms with Crippen LogP contribution < -0.4 is 0 Å². The van der Waals surface area contributed by atoms with Crippen LogP contribution in [0.25, 0.3) is 21.3 Å². The molecule has 0 saturated carbocycles. The molecule has 0 unspecified atom stereocenters. The van der Waals surface area contributed by atoms with Crippen LogP contribution >= 0.6 is 34.5 Å². The minimum absolute atomic E-state index is 0.147. The van der Waals surface area contributed by atoms with Gasteiger partial charge in [0.25, 0.3) is 0 Å². The first-order chi connectivity index (χ1) is 8.24. The highest BCUT2D eigenvalue weighted by Gasteiger charge is 2.08. The van der Waals surface area contributed by atoms with E-state index in [0.29, 0.717) is 5.15 Å². The van der Waals surface area contributed by atoms with Crippen LogP contribution in [0.3, 0.4) is 0 Å². The summed E-state index contributed by atoms with van der Waals surface area (Å²) in [6.07, 6.45) is 1.62. The van der Waals surface area contributed by atoms with Gasteiger partial charge in [-0.25, -0.2) is 15.0 Å². The summed E-state index contributed by atoms with van der Waals surface area (Å²) >= 11 is 13.3. The maximum atomic E-state index is 6.04. The van der Waals surface area contributed by atoms with Crippen molar-refractivity contribution in [1.82, 2.24) is 15.0 Å². The molecular formula is C11H5Cl2N3S. The second-order valence-electron chi connectivity index (χ2n) is 3.38. The van der Waals surface area contributed by atoms with E-state index in [1.807, 2.05) is 23.7 Å². The van der Waals surface area contributed by atoms with Crippen molar-refractivity contribution in [2.75, 3.05) is 0 Å². The van der Waals surface area contributed by atoms with Crippen LogP contribution in [-0.4, -0.2) is 15.0 Å². The number of benzene rings is 1. The standard InChI is InChI=1S/C11H5Cl2N3S/c12-10-7(4-14-11(13)16-10)6-1-2-9-8(3-6)15-5-17-9/h1-5H. The first kappa shape index (κ1) is 10.9. The first-order valence-electron chi connectivity index (χ1n) is 4.76. The number of hydrogen-bond acceptors (Lipinski definition) is 4. The molecule has 0 atom stereocenters. The SMILES string of the molecule is Clc1ncc(-c2ccc3scnc3c2)c(Cl)n1. The normalized spacial score (nSPS) is 10.9. The summed E-state index contributed by atoms with van der Waals surface area (Å²) in [5, 5.41) is 0.494. The second kappa shape index (κ2) is 4.22. The summed E-state index contributed by atoms with van der Waals surface area (Å²) in [5.74, 6) is 0. The molecule has 0 N–H and O–H groups in total.